The van der Waals surface area contributed by atoms with Gasteiger partial charge in [0.1, 0.15) is 0 Å². The second kappa shape index (κ2) is 7.67. The van der Waals surface area contributed by atoms with Crippen LogP contribution in [0.2, 0.25) is 0 Å². The van der Waals surface area contributed by atoms with Crippen molar-refractivity contribution in [3.63, 3.8) is 0 Å². The van der Waals surface area contributed by atoms with Crippen molar-refractivity contribution in [1.29, 1.82) is 0 Å². The van der Waals surface area contributed by atoms with Crippen LogP contribution in [0.5, 0.6) is 0 Å². The standard InChI is InChI=1S/C16H23N3O2/c1-13(20)18-15-8-5-11-19(12-15)16(21)17-10-9-14-6-3-2-4-7-14/h2-4,6-7,15H,5,8-12H2,1H3,(H,17,21)(H,18,20)/t15-/m0/s1. The molecule has 3 amide bonds. The molecule has 0 spiro atoms. The summed E-state index contributed by atoms with van der Waals surface area (Å²) >= 11 is 0. The normalized spacial score (nSPS) is 18.1. The van der Waals surface area contributed by atoms with Crippen LogP contribution in [0, 0.1) is 0 Å². The molecule has 2 N–H and O–H groups in total. The molecule has 1 heterocycles. The summed E-state index contributed by atoms with van der Waals surface area (Å²) in [7, 11) is 0. The first kappa shape index (κ1) is 15.4. The summed E-state index contributed by atoms with van der Waals surface area (Å²) in [5.74, 6) is -0.0358. The highest BCUT2D eigenvalue weighted by Gasteiger charge is 2.23. The van der Waals surface area contributed by atoms with Gasteiger partial charge < -0.3 is 15.5 Å². The molecule has 0 aromatic heterocycles. The molecule has 1 fully saturated rings. The zero-order valence-corrected chi connectivity index (χ0v) is 12.5. The summed E-state index contributed by atoms with van der Waals surface area (Å²) in [4.78, 5) is 25.0. The molecule has 5 heteroatoms. The first-order valence-corrected chi connectivity index (χ1v) is 7.49. The summed E-state index contributed by atoms with van der Waals surface area (Å²) < 4.78 is 0. The molecule has 0 saturated carbocycles. The van der Waals surface area contributed by atoms with Gasteiger partial charge in [0, 0.05) is 32.6 Å². The minimum Gasteiger partial charge on any atom is -0.352 e. The van der Waals surface area contributed by atoms with Gasteiger partial charge in [0.25, 0.3) is 0 Å². The van der Waals surface area contributed by atoms with Gasteiger partial charge >= 0.3 is 6.03 Å². The maximum absolute atomic E-state index is 12.1. The van der Waals surface area contributed by atoms with Crippen LogP contribution in [-0.4, -0.2) is 42.5 Å². The number of hydrogen-bond acceptors (Lipinski definition) is 2. The maximum atomic E-state index is 12.1. The van der Waals surface area contributed by atoms with E-state index in [0.717, 1.165) is 25.8 Å². The lowest BCUT2D eigenvalue weighted by molar-refractivity contribution is -0.119. The molecule has 1 aliphatic rings. The molecule has 1 atom stereocenters. The predicted octanol–water partition coefficient (Wildman–Crippen LogP) is 1.54. The van der Waals surface area contributed by atoms with Crippen molar-refractivity contribution in [2.45, 2.75) is 32.2 Å². The molecule has 0 unspecified atom stereocenters. The lowest BCUT2D eigenvalue weighted by atomic mass is 10.1. The largest absolute Gasteiger partial charge is 0.352 e. The number of amides is 3. The first-order valence-electron chi connectivity index (χ1n) is 7.49. The topological polar surface area (TPSA) is 61.4 Å². The average molecular weight is 289 g/mol. The van der Waals surface area contributed by atoms with E-state index in [1.807, 2.05) is 18.2 Å². The van der Waals surface area contributed by atoms with Crippen molar-refractivity contribution < 1.29 is 9.59 Å². The zero-order valence-electron chi connectivity index (χ0n) is 12.5. The molecule has 0 aliphatic carbocycles. The number of piperidine rings is 1. The molecule has 1 aromatic carbocycles. The van der Waals surface area contributed by atoms with Crippen molar-refractivity contribution in [3.05, 3.63) is 35.9 Å². The molecule has 114 valence electrons. The van der Waals surface area contributed by atoms with Crippen LogP contribution in [0.25, 0.3) is 0 Å². The van der Waals surface area contributed by atoms with Gasteiger partial charge in [0.2, 0.25) is 5.91 Å². The fourth-order valence-corrected chi connectivity index (χ4v) is 2.64. The number of benzene rings is 1. The van der Waals surface area contributed by atoms with E-state index in [-0.39, 0.29) is 18.0 Å². The number of nitrogens with zero attached hydrogens (tertiary/aromatic N) is 1. The van der Waals surface area contributed by atoms with E-state index in [2.05, 4.69) is 22.8 Å². The lowest BCUT2D eigenvalue weighted by Crippen LogP contribution is -2.52. The third-order valence-electron chi connectivity index (χ3n) is 3.65. The Morgan fingerprint density at radius 2 is 2.05 bits per heavy atom. The minimum atomic E-state index is -0.0408. The molecule has 1 aromatic rings. The molecule has 5 nitrogen and oxygen atoms in total. The van der Waals surface area contributed by atoms with Crippen molar-refractivity contribution >= 4 is 11.9 Å². The Bertz CT molecular complexity index is 476. The van der Waals surface area contributed by atoms with Crippen LogP contribution < -0.4 is 10.6 Å². The fourth-order valence-electron chi connectivity index (χ4n) is 2.64. The number of likely N-dealkylation sites (tertiary alicyclic amines) is 1. The highest BCUT2D eigenvalue weighted by atomic mass is 16.2. The molecule has 1 aliphatic heterocycles. The number of urea groups is 1. The van der Waals surface area contributed by atoms with Gasteiger partial charge in [0.15, 0.2) is 0 Å². The van der Waals surface area contributed by atoms with Crippen molar-refractivity contribution in [2.75, 3.05) is 19.6 Å². The average Bonchev–Trinajstić information content (AvgIpc) is 2.48. The molecular weight excluding hydrogens is 266 g/mol. The Kier molecular flexibility index (Phi) is 5.60. The fraction of sp³-hybridized carbons (Fsp3) is 0.500. The molecule has 0 radical (unpaired) electrons. The Hall–Kier alpha value is -2.04. The number of carbonyl (C=O) groups excluding carboxylic acids is 2. The number of carbonyl (C=O) groups is 2. The Labute approximate surface area is 125 Å². The second-order valence-corrected chi connectivity index (χ2v) is 5.45. The van der Waals surface area contributed by atoms with E-state index in [4.69, 9.17) is 0 Å². The predicted molar refractivity (Wildman–Crippen MR) is 82.0 cm³/mol. The molecular formula is C16H23N3O2. The van der Waals surface area contributed by atoms with Gasteiger partial charge in [0.05, 0.1) is 0 Å². The lowest BCUT2D eigenvalue weighted by Gasteiger charge is -2.33. The monoisotopic (exact) mass is 289 g/mol. The smallest absolute Gasteiger partial charge is 0.317 e. The number of nitrogens with one attached hydrogen (secondary N) is 2. The van der Waals surface area contributed by atoms with Crippen LogP contribution in [0.3, 0.4) is 0 Å². The van der Waals surface area contributed by atoms with Crippen LogP contribution in [0.1, 0.15) is 25.3 Å². The summed E-state index contributed by atoms with van der Waals surface area (Å²) in [6.45, 7) is 3.49. The second-order valence-electron chi connectivity index (χ2n) is 5.45. The Morgan fingerprint density at radius 3 is 2.76 bits per heavy atom. The Morgan fingerprint density at radius 1 is 1.29 bits per heavy atom. The minimum absolute atomic E-state index is 0.0358. The molecule has 0 bridgehead atoms. The van der Waals surface area contributed by atoms with Crippen LogP contribution in [0.4, 0.5) is 4.79 Å². The van der Waals surface area contributed by atoms with E-state index in [0.29, 0.717) is 13.1 Å². The van der Waals surface area contributed by atoms with Gasteiger partial charge in [-0.3, -0.25) is 4.79 Å². The van der Waals surface area contributed by atoms with Crippen LogP contribution in [-0.2, 0) is 11.2 Å². The highest BCUT2D eigenvalue weighted by molar-refractivity contribution is 5.75. The van der Waals surface area contributed by atoms with Crippen molar-refractivity contribution in [1.82, 2.24) is 15.5 Å². The molecule has 1 saturated heterocycles. The van der Waals surface area contributed by atoms with Crippen LogP contribution >= 0.6 is 0 Å². The number of rotatable bonds is 4. The summed E-state index contributed by atoms with van der Waals surface area (Å²) in [6.07, 6.45) is 2.69. The van der Waals surface area contributed by atoms with E-state index in [1.165, 1.54) is 12.5 Å². The van der Waals surface area contributed by atoms with Gasteiger partial charge in [-0.1, -0.05) is 30.3 Å². The first-order chi connectivity index (χ1) is 10.1. The SMILES string of the molecule is CC(=O)N[C@H]1CCCN(C(=O)NCCc2ccccc2)C1. The van der Waals surface area contributed by atoms with E-state index >= 15 is 0 Å². The third-order valence-corrected chi connectivity index (χ3v) is 3.65. The summed E-state index contributed by atoms with van der Waals surface area (Å²) in [6, 6.07) is 10.1. The maximum Gasteiger partial charge on any atom is 0.317 e. The number of hydrogen-bond donors (Lipinski definition) is 2. The van der Waals surface area contributed by atoms with Gasteiger partial charge in [-0.15, -0.1) is 0 Å². The molecule has 21 heavy (non-hydrogen) atoms. The highest BCUT2D eigenvalue weighted by Crippen LogP contribution is 2.10. The van der Waals surface area contributed by atoms with Crippen LogP contribution in [0.15, 0.2) is 30.3 Å². The third kappa shape index (κ3) is 5.10. The van der Waals surface area contributed by atoms with Gasteiger partial charge in [-0.25, -0.2) is 4.79 Å². The van der Waals surface area contributed by atoms with Crippen molar-refractivity contribution in [2.24, 2.45) is 0 Å². The zero-order chi connectivity index (χ0) is 15.1. The van der Waals surface area contributed by atoms with Crippen molar-refractivity contribution in [3.8, 4) is 0 Å². The quantitative estimate of drug-likeness (QED) is 0.883. The van der Waals surface area contributed by atoms with E-state index in [9.17, 15) is 9.59 Å². The summed E-state index contributed by atoms with van der Waals surface area (Å²) in [5, 5.41) is 5.84. The van der Waals surface area contributed by atoms with E-state index in [1.54, 1.807) is 4.90 Å². The summed E-state index contributed by atoms with van der Waals surface area (Å²) in [5.41, 5.74) is 1.22. The van der Waals surface area contributed by atoms with Gasteiger partial charge in [-0.2, -0.15) is 0 Å². The Balaban J connectivity index is 1.73. The van der Waals surface area contributed by atoms with E-state index < -0.39 is 0 Å². The molecule has 2 rings (SSSR count). The van der Waals surface area contributed by atoms with Gasteiger partial charge in [-0.05, 0) is 24.8 Å².